The van der Waals surface area contributed by atoms with Gasteiger partial charge in [0.25, 0.3) is 0 Å². The number of benzene rings is 1. The number of rotatable bonds is 0. The summed E-state index contributed by atoms with van der Waals surface area (Å²) >= 11 is 0.263. The Morgan fingerprint density at radius 3 is 3.00 bits per heavy atom. The van der Waals surface area contributed by atoms with Crippen molar-refractivity contribution in [1.82, 2.24) is 0 Å². The van der Waals surface area contributed by atoms with E-state index in [-0.39, 0.29) is 20.9 Å². The SMILES string of the molecule is c1ccc2c(c1)CC[Te]2. The number of fused-ring (bicyclic) bond motifs is 1. The van der Waals surface area contributed by atoms with Crippen molar-refractivity contribution >= 4 is 24.5 Å². The van der Waals surface area contributed by atoms with Crippen LogP contribution in [0.15, 0.2) is 24.3 Å². The minimum atomic E-state index is 0.263. The van der Waals surface area contributed by atoms with Gasteiger partial charge in [-0.1, -0.05) is 0 Å². The molecule has 0 nitrogen and oxygen atoms in total. The molecule has 2 rings (SSSR count). The Balaban J connectivity index is 2.54. The minimum absolute atomic E-state index is 0.263. The van der Waals surface area contributed by atoms with Crippen LogP contribution in [0.5, 0.6) is 0 Å². The van der Waals surface area contributed by atoms with Crippen LogP contribution in [0.1, 0.15) is 5.56 Å². The summed E-state index contributed by atoms with van der Waals surface area (Å²) in [6.45, 7) is 0. The van der Waals surface area contributed by atoms with Gasteiger partial charge in [0, 0.05) is 0 Å². The first-order valence-electron chi connectivity index (χ1n) is 3.17. The Labute approximate surface area is 65.4 Å². The van der Waals surface area contributed by atoms with Crippen LogP contribution < -0.4 is 3.61 Å². The van der Waals surface area contributed by atoms with Crippen molar-refractivity contribution in [2.45, 2.75) is 10.9 Å². The third-order valence-electron chi connectivity index (χ3n) is 1.60. The molecule has 1 aromatic rings. The molecule has 46 valence electrons. The molecule has 1 heterocycles. The molecule has 1 heteroatoms. The summed E-state index contributed by atoms with van der Waals surface area (Å²) in [4.78, 5) is 0. The van der Waals surface area contributed by atoms with Crippen LogP contribution in [-0.2, 0) is 6.42 Å². The fraction of sp³-hybridized carbons (Fsp3) is 0.250. The zero-order valence-corrected chi connectivity index (χ0v) is 7.46. The van der Waals surface area contributed by atoms with E-state index >= 15 is 0 Å². The van der Waals surface area contributed by atoms with E-state index in [9.17, 15) is 0 Å². The molecule has 0 fully saturated rings. The van der Waals surface area contributed by atoms with Crippen LogP contribution in [0.3, 0.4) is 0 Å². The number of hydrogen-bond acceptors (Lipinski definition) is 0. The first-order chi connectivity index (χ1) is 4.47. The summed E-state index contributed by atoms with van der Waals surface area (Å²) in [7, 11) is 0. The summed E-state index contributed by atoms with van der Waals surface area (Å²) in [6.07, 6.45) is 1.36. The molecular weight excluding hydrogens is 224 g/mol. The fourth-order valence-electron chi connectivity index (χ4n) is 1.12. The van der Waals surface area contributed by atoms with E-state index in [4.69, 9.17) is 0 Å². The molecule has 0 amide bonds. The van der Waals surface area contributed by atoms with Crippen molar-refractivity contribution in [2.24, 2.45) is 0 Å². The van der Waals surface area contributed by atoms with Crippen molar-refractivity contribution in [1.29, 1.82) is 0 Å². The maximum atomic E-state index is 2.30. The quantitative estimate of drug-likeness (QED) is 0.585. The Hall–Kier alpha value is 0.00961. The van der Waals surface area contributed by atoms with Gasteiger partial charge in [0.1, 0.15) is 0 Å². The van der Waals surface area contributed by atoms with Gasteiger partial charge in [-0.15, -0.1) is 0 Å². The average Bonchev–Trinajstić information content (AvgIpc) is 2.33. The second-order valence-corrected chi connectivity index (χ2v) is 5.45. The van der Waals surface area contributed by atoms with Crippen LogP contribution in [0, 0.1) is 0 Å². The summed E-state index contributed by atoms with van der Waals surface area (Å²) in [5.74, 6) is 0. The van der Waals surface area contributed by atoms with E-state index < -0.39 is 0 Å². The summed E-state index contributed by atoms with van der Waals surface area (Å²) in [5.41, 5.74) is 1.62. The van der Waals surface area contributed by atoms with Crippen LogP contribution in [0.2, 0.25) is 4.47 Å². The van der Waals surface area contributed by atoms with E-state index in [1.54, 1.807) is 9.17 Å². The fourth-order valence-corrected chi connectivity index (χ4v) is 4.18. The Morgan fingerprint density at radius 2 is 2.11 bits per heavy atom. The van der Waals surface area contributed by atoms with E-state index in [0.717, 1.165) is 0 Å². The van der Waals surface area contributed by atoms with Crippen LogP contribution >= 0.6 is 0 Å². The number of hydrogen-bond donors (Lipinski definition) is 0. The second-order valence-electron chi connectivity index (χ2n) is 2.21. The molecule has 0 bridgehead atoms. The monoisotopic (exact) mass is 234 g/mol. The van der Waals surface area contributed by atoms with Crippen molar-refractivity contribution in [3.05, 3.63) is 29.8 Å². The number of aryl methyl sites for hydroxylation is 1. The third-order valence-corrected chi connectivity index (χ3v) is 4.79. The molecule has 0 radical (unpaired) electrons. The van der Waals surface area contributed by atoms with Gasteiger partial charge in [-0.2, -0.15) is 0 Å². The molecule has 0 aliphatic carbocycles. The Bertz CT molecular complexity index is 195. The van der Waals surface area contributed by atoms with Gasteiger partial charge in [0.2, 0.25) is 0 Å². The molecule has 0 spiro atoms. The third kappa shape index (κ3) is 1.000. The predicted molar refractivity (Wildman–Crippen MR) is 40.3 cm³/mol. The van der Waals surface area contributed by atoms with Gasteiger partial charge in [-0.25, -0.2) is 0 Å². The predicted octanol–water partition coefficient (Wildman–Crippen LogP) is 0.990. The summed E-state index contributed by atoms with van der Waals surface area (Å²) < 4.78 is 3.19. The van der Waals surface area contributed by atoms with Crippen molar-refractivity contribution in [3.8, 4) is 0 Å². The van der Waals surface area contributed by atoms with Crippen molar-refractivity contribution < 1.29 is 0 Å². The Morgan fingerprint density at radius 1 is 1.22 bits per heavy atom. The molecule has 0 N–H and O–H groups in total. The zero-order valence-electron chi connectivity index (χ0n) is 5.13. The van der Waals surface area contributed by atoms with Crippen molar-refractivity contribution in [3.63, 3.8) is 0 Å². The molecule has 0 unspecified atom stereocenters. The topological polar surface area (TPSA) is 0 Å². The maximum absolute atomic E-state index is 2.30. The van der Waals surface area contributed by atoms with Crippen LogP contribution in [0.4, 0.5) is 0 Å². The van der Waals surface area contributed by atoms with Gasteiger partial charge in [0.15, 0.2) is 0 Å². The van der Waals surface area contributed by atoms with E-state index in [1.807, 2.05) is 0 Å². The Kier molecular flexibility index (Phi) is 1.49. The van der Waals surface area contributed by atoms with Gasteiger partial charge in [0.05, 0.1) is 0 Å². The van der Waals surface area contributed by atoms with Gasteiger partial charge in [-0.3, -0.25) is 0 Å². The molecule has 0 aromatic heterocycles. The van der Waals surface area contributed by atoms with Gasteiger partial charge in [-0.05, 0) is 0 Å². The second kappa shape index (κ2) is 2.33. The molecule has 0 saturated heterocycles. The molecule has 1 aliphatic rings. The zero-order chi connectivity index (χ0) is 6.10. The molecule has 1 aromatic carbocycles. The molecule has 1 aliphatic heterocycles. The van der Waals surface area contributed by atoms with Crippen LogP contribution in [0.25, 0.3) is 0 Å². The summed E-state index contributed by atoms with van der Waals surface area (Å²) in [6, 6.07) is 8.88. The van der Waals surface area contributed by atoms with E-state index in [0.29, 0.717) is 0 Å². The average molecular weight is 232 g/mol. The van der Waals surface area contributed by atoms with Crippen LogP contribution in [-0.4, -0.2) is 20.9 Å². The van der Waals surface area contributed by atoms with Crippen molar-refractivity contribution in [2.75, 3.05) is 0 Å². The molecule has 9 heavy (non-hydrogen) atoms. The first kappa shape index (κ1) is 5.77. The van der Waals surface area contributed by atoms with E-state index in [1.165, 1.54) is 10.9 Å². The molecule has 0 saturated carbocycles. The normalized spacial score (nSPS) is 15.6. The molecule has 0 atom stereocenters. The standard InChI is InChI=1S/C8H8Te/c1-2-4-8-7(3-1)5-6-9-8/h1-4H,5-6H2. The van der Waals surface area contributed by atoms with E-state index in [2.05, 4.69) is 24.3 Å². The molecular formula is C8H8Te. The summed E-state index contributed by atoms with van der Waals surface area (Å²) in [5, 5.41) is 0. The van der Waals surface area contributed by atoms with Gasteiger partial charge >= 0.3 is 65.3 Å². The van der Waals surface area contributed by atoms with Gasteiger partial charge < -0.3 is 0 Å². The first-order valence-corrected chi connectivity index (χ1v) is 5.99.